The smallest absolute Gasteiger partial charge is 0.266 e. The second kappa shape index (κ2) is 12.1. The molecule has 0 spiro atoms. The van der Waals surface area contributed by atoms with Gasteiger partial charge in [-0.3, -0.25) is 14.4 Å². The van der Waals surface area contributed by atoms with Crippen LogP contribution < -0.4 is 14.8 Å². The highest BCUT2D eigenvalue weighted by Gasteiger charge is 2.14. The molecule has 8 nitrogen and oxygen atoms in total. The maximum absolute atomic E-state index is 12.5. The molecule has 0 aliphatic heterocycles. The molecule has 0 bridgehead atoms. The quantitative estimate of drug-likeness (QED) is 0.337. The number of hydrogen-bond donors (Lipinski definition) is 1. The summed E-state index contributed by atoms with van der Waals surface area (Å²) in [6, 6.07) is 13.2. The minimum atomic E-state index is -0.586. The van der Waals surface area contributed by atoms with Crippen molar-refractivity contribution in [3.8, 4) is 17.6 Å². The number of methoxy groups -OCH3 is 1. The molecule has 0 heterocycles. The fraction of sp³-hybridized carbons (Fsp3) is 0.280. The lowest BCUT2D eigenvalue weighted by Gasteiger charge is -2.19. The lowest BCUT2D eigenvalue weighted by atomic mass is 10.1. The first-order valence-corrected chi connectivity index (χ1v) is 10.5. The summed E-state index contributed by atoms with van der Waals surface area (Å²) in [5, 5.41) is 12.1. The van der Waals surface area contributed by atoms with E-state index in [0.29, 0.717) is 41.4 Å². The summed E-state index contributed by atoms with van der Waals surface area (Å²) in [6.45, 7) is 6.32. The first-order valence-electron chi connectivity index (χ1n) is 10.5. The number of benzene rings is 2. The van der Waals surface area contributed by atoms with Crippen molar-refractivity contribution in [2.75, 3.05) is 32.1 Å². The topological polar surface area (TPSA) is 109 Å². The molecule has 2 aromatic carbocycles. The van der Waals surface area contributed by atoms with Crippen molar-refractivity contribution < 1.29 is 23.9 Å². The number of carbonyl (C=O) groups excluding carboxylic acids is 3. The summed E-state index contributed by atoms with van der Waals surface area (Å²) in [6.07, 6.45) is 1.42. The fourth-order valence-corrected chi connectivity index (χ4v) is 3.00. The molecule has 2 aromatic rings. The van der Waals surface area contributed by atoms with E-state index in [1.165, 1.54) is 20.1 Å². The van der Waals surface area contributed by atoms with Crippen LogP contribution in [0, 0.1) is 11.3 Å². The molecule has 0 saturated heterocycles. The molecule has 33 heavy (non-hydrogen) atoms. The van der Waals surface area contributed by atoms with Gasteiger partial charge < -0.3 is 19.7 Å². The van der Waals surface area contributed by atoms with Gasteiger partial charge in [0, 0.05) is 24.3 Å². The lowest BCUT2D eigenvalue weighted by Crippen LogP contribution is -2.34. The van der Waals surface area contributed by atoms with E-state index in [2.05, 4.69) is 5.32 Å². The number of hydrogen-bond acceptors (Lipinski definition) is 6. The molecule has 0 radical (unpaired) electrons. The zero-order valence-electron chi connectivity index (χ0n) is 19.2. The molecule has 0 aromatic heterocycles. The van der Waals surface area contributed by atoms with Crippen LogP contribution in [-0.2, 0) is 9.59 Å². The number of ether oxygens (including phenoxy) is 2. The highest BCUT2D eigenvalue weighted by Crippen LogP contribution is 2.29. The maximum Gasteiger partial charge on any atom is 0.266 e. The number of nitrogens with zero attached hydrogens (tertiary/aromatic N) is 2. The van der Waals surface area contributed by atoms with E-state index in [1.807, 2.05) is 19.9 Å². The van der Waals surface area contributed by atoms with Crippen molar-refractivity contribution in [2.24, 2.45) is 0 Å². The zero-order valence-corrected chi connectivity index (χ0v) is 19.2. The van der Waals surface area contributed by atoms with Crippen LogP contribution in [0.3, 0.4) is 0 Å². The second-order valence-corrected chi connectivity index (χ2v) is 7.02. The van der Waals surface area contributed by atoms with Gasteiger partial charge in [0.25, 0.3) is 11.8 Å². The standard InChI is InChI=1S/C25H27N3O5/c1-5-28(6-2)24(30)16-33-22-12-7-18(14-23(22)32-4)13-20(15-26)25(31)27-21-10-8-19(9-11-21)17(3)29/h7-14H,5-6,16H2,1-4H3,(H,27,31)/b20-13+. The molecule has 172 valence electrons. The first kappa shape index (κ1) is 25.1. The molecular formula is C25H27N3O5. The van der Waals surface area contributed by atoms with Crippen molar-refractivity contribution >= 4 is 29.4 Å². The van der Waals surface area contributed by atoms with Gasteiger partial charge in [-0.05, 0) is 68.8 Å². The Morgan fingerprint density at radius 3 is 2.27 bits per heavy atom. The van der Waals surface area contributed by atoms with Crippen LogP contribution in [0.4, 0.5) is 5.69 Å². The van der Waals surface area contributed by atoms with Gasteiger partial charge in [-0.2, -0.15) is 5.26 Å². The van der Waals surface area contributed by atoms with Crippen molar-refractivity contribution in [2.45, 2.75) is 20.8 Å². The van der Waals surface area contributed by atoms with Crippen LogP contribution >= 0.6 is 0 Å². The average molecular weight is 450 g/mol. The fourth-order valence-electron chi connectivity index (χ4n) is 3.00. The number of anilines is 1. The summed E-state index contributed by atoms with van der Waals surface area (Å²) < 4.78 is 11.0. The molecule has 0 unspecified atom stereocenters. The van der Waals surface area contributed by atoms with Crippen molar-refractivity contribution in [1.29, 1.82) is 5.26 Å². The Kier molecular flexibility index (Phi) is 9.18. The molecule has 0 fully saturated rings. The SMILES string of the molecule is CCN(CC)C(=O)COc1ccc(/C=C(\C#N)C(=O)Nc2ccc(C(C)=O)cc2)cc1OC. The number of nitriles is 1. The molecule has 2 amide bonds. The molecule has 0 saturated carbocycles. The summed E-state index contributed by atoms with van der Waals surface area (Å²) in [7, 11) is 1.46. The normalized spacial score (nSPS) is 10.7. The van der Waals surface area contributed by atoms with Crippen LogP contribution in [-0.4, -0.2) is 49.3 Å². The van der Waals surface area contributed by atoms with E-state index in [1.54, 1.807) is 47.4 Å². The zero-order chi connectivity index (χ0) is 24.4. The number of carbonyl (C=O) groups is 3. The summed E-state index contributed by atoms with van der Waals surface area (Å²) in [5.41, 5.74) is 1.42. The van der Waals surface area contributed by atoms with Gasteiger partial charge in [0.05, 0.1) is 7.11 Å². The first-order chi connectivity index (χ1) is 15.8. The number of rotatable bonds is 10. The highest BCUT2D eigenvalue weighted by molar-refractivity contribution is 6.09. The Hall–Kier alpha value is -4.12. The third-order valence-corrected chi connectivity index (χ3v) is 4.88. The number of likely N-dealkylation sites (N-methyl/N-ethyl adjacent to an activating group) is 1. The summed E-state index contributed by atoms with van der Waals surface area (Å²) >= 11 is 0. The molecule has 0 aliphatic rings. The molecule has 8 heteroatoms. The van der Waals surface area contributed by atoms with Gasteiger partial charge in [-0.1, -0.05) is 6.07 Å². The minimum absolute atomic E-state index is 0.0794. The van der Waals surface area contributed by atoms with Crippen LogP contribution in [0.25, 0.3) is 6.08 Å². The Labute approximate surface area is 193 Å². The van der Waals surface area contributed by atoms with E-state index >= 15 is 0 Å². The Morgan fingerprint density at radius 1 is 1.06 bits per heavy atom. The predicted molar refractivity (Wildman–Crippen MR) is 125 cm³/mol. The molecule has 2 rings (SSSR count). The molecule has 0 atom stereocenters. The van der Waals surface area contributed by atoms with E-state index in [-0.39, 0.29) is 23.9 Å². The summed E-state index contributed by atoms with van der Waals surface area (Å²) in [5.74, 6) is -0.0513. The van der Waals surface area contributed by atoms with Crippen molar-refractivity contribution in [3.63, 3.8) is 0 Å². The Morgan fingerprint density at radius 2 is 1.73 bits per heavy atom. The lowest BCUT2D eigenvalue weighted by molar-refractivity contribution is -0.133. The van der Waals surface area contributed by atoms with Gasteiger partial charge in [0.15, 0.2) is 23.9 Å². The predicted octanol–water partition coefficient (Wildman–Crippen LogP) is 3.69. The molecule has 1 N–H and O–H groups in total. The van der Waals surface area contributed by atoms with E-state index < -0.39 is 5.91 Å². The third-order valence-electron chi connectivity index (χ3n) is 4.88. The number of amides is 2. The third kappa shape index (κ3) is 6.94. The largest absolute Gasteiger partial charge is 0.493 e. The van der Waals surface area contributed by atoms with E-state index in [0.717, 1.165) is 0 Å². The van der Waals surface area contributed by atoms with Crippen molar-refractivity contribution in [1.82, 2.24) is 4.90 Å². The van der Waals surface area contributed by atoms with Crippen LogP contribution in [0.15, 0.2) is 48.0 Å². The Balaban J connectivity index is 2.14. The van der Waals surface area contributed by atoms with Crippen LogP contribution in [0.5, 0.6) is 11.5 Å². The molecular weight excluding hydrogens is 422 g/mol. The maximum atomic E-state index is 12.5. The Bertz CT molecular complexity index is 1080. The minimum Gasteiger partial charge on any atom is -0.493 e. The van der Waals surface area contributed by atoms with Crippen molar-refractivity contribution in [3.05, 3.63) is 59.2 Å². The second-order valence-electron chi connectivity index (χ2n) is 7.02. The number of Topliss-reactive ketones (excluding diaryl/α,β-unsaturated/α-hetero) is 1. The van der Waals surface area contributed by atoms with Crippen LogP contribution in [0.1, 0.15) is 36.7 Å². The number of ketones is 1. The summed E-state index contributed by atoms with van der Waals surface area (Å²) in [4.78, 5) is 37.7. The number of nitrogens with one attached hydrogen (secondary N) is 1. The van der Waals surface area contributed by atoms with Gasteiger partial charge in [-0.15, -0.1) is 0 Å². The average Bonchev–Trinajstić information content (AvgIpc) is 2.82. The van der Waals surface area contributed by atoms with Gasteiger partial charge in [0.1, 0.15) is 11.6 Å². The van der Waals surface area contributed by atoms with E-state index in [9.17, 15) is 19.6 Å². The van der Waals surface area contributed by atoms with Crippen LogP contribution in [0.2, 0.25) is 0 Å². The molecule has 0 aliphatic carbocycles. The van der Waals surface area contributed by atoms with Gasteiger partial charge >= 0.3 is 0 Å². The van der Waals surface area contributed by atoms with Gasteiger partial charge in [0.2, 0.25) is 0 Å². The van der Waals surface area contributed by atoms with Gasteiger partial charge in [-0.25, -0.2) is 0 Å². The monoisotopic (exact) mass is 449 g/mol. The van der Waals surface area contributed by atoms with E-state index in [4.69, 9.17) is 9.47 Å². The highest BCUT2D eigenvalue weighted by atomic mass is 16.5.